The number of benzene rings is 1. The summed E-state index contributed by atoms with van der Waals surface area (Å²) in [4.78, 5) is 8.92. The molecule has 1 aromatic carbocycles. The number of nitrogens with zero attached hydrogens (tertiary/aromatic N) is 2. The lowest BCUT2D eigenvalue weighted by molar-refractivity contribution is 0.340. The molecule has 0 spiro atoms. The van der Waals surface area contributed by atoms with Gasteiger partial charge in [0.15, 0.2) is 5.82 Å². The van der Waals surface area contributed by atoms with Crippen LogP contribution in [0.2, 0.25) is 0 Å². The molecule has 0 saturated carbocycles. The largest absolute Gasteiger partial charge is 0.494 e. The van der Waals surface area contributed by atoms with Crippen LogP contribution >= 0.6 is 15.9 Å². The zero-order valence-electron chi connectivity index (χ0n) is 11.7. The first-order chi connectivity index (χ1) is 9.74. The number of ether oxygens (including phenoxy) is 1. The molecule has 0 amide bonds. The van der Waals surface area contributed by atoms with Crippen LogP contribution in [0.25, 0.3) is 11.4 Å². The van der Waals surface area contributed by atoms with Gasteiger partial charge < -0.3 is 10.1 Å². The van der Waals surface area contributed by atoms with Crippen LogP contribution < -0.4 is 10.1 Å². The molecule has 0 saturated heterocycles. The maximum atomic E-state index is 5.51. The Kier molecular flexibility index (Phi) is 5.35. The fourth-order valence-electron chi connectivity index (χ4n) is 1.77. The van der Waals surface area contributed by atoms with Gasteiger partial charge in [-0.15, -0.1) is 0 Å². The van der Waals surface area contributed by atoms with Gasteiger partial charge in [-0.1, -0.05) is 19.1 Å². The lowest BCUT2D eigenvalue weighted by Gasteiger charge is -2.09. The van der Waals surface area contributed by atoms with Crippen LogP contribution in [0.5, 0.6) is 5.75 Å². The zero-order chi connectivity index (χ0) is 14.4. The molecular formula is C15H18BrN3O. The van der Waals surface area contributed by atoms with Gasteiger partial charge in [0.25, 0.3) is 0 Å². The minimum Gasteiger partial charge on any atom is -0.494 e. The van der Waals surface area contributed by atoms with Gasteiger partial charge in [0.1, 0.15) is 11.6 Å². The van der Waals surface area contributed by atoms with Crippen LogP contribution in [0, 0.1) is 0 Å². The fraction of sp³-hybridized carbons (Fsp3) is 0.333. The second-order valence-corrected chi connectivity index (χ2v) is 5.13. The summed E-state index contributed by atoms with van der Waals surface area (Å²) in [7, 11) is 0. The molecule has 1 heterocycles. The second-order valence-electron chi connectivity index (χ2n) is 4.28. The van der Waals surface area contributed by atoms with Gasteiger partial charge >= 0.3 is 0 Å². The Morgan fingerprint density at radius 1 is 1.30 bits per heavy atom. The van der Waals surface area contributed by atoms with Crippen LogP contribution in [0.3, 0.4) is 0 Å². The number of anilines is 1. The Balaban J connectivity index is 2.30. The Morgan fingerprint density at radius 3 is 2.90 bits per heavy atom. The van der Waals surface area contributed by atoms with Crippen molar-refractivity contribution in [3.8, 4) is 17.1 Å². The summed E-state index contributed by atoms with van der Waals surface area (Å²) in [5, 5.41) is 3.28. The summed E-state index contributed by atoms with van der Waals surface area (Å²) in [6.07, 6.45) is 2.82. The molecule has 0 bridgehead atoms. The molecule has 0 aliphatic carbocycles. The molecule has 20 heavy (non-hydrogen) atoms. The quantitative estimate of drug-likeness (QED) is 0.862. The van der Waals surface area contributed by atoms with Gasteiger partial charge in [-0.2, -0.15) is 0 Å². The van der Waals surface area contributed by atoms with Crippen LogP contribution in [-0.2, 0) is 0 Å². The first-order valence-corrected chi connectivity index (χ1v) is 7.53. The van der Waals surface area contributed by atoms with Crippen LogP contribution in [0.4, 0.5) is 5.82 Å². The third-order valence-corrected chi connectivity index (χ3v) is 3.27. The molecule has 2 rings (SSSR count). The van der Waals surface area contributed by atoms with E-state index in [1.165, 1.54) is 0 Å². The van der Waals surface area contributed by atoms with E-state index in [9.17, 15) is 0 Å². The van der Waals surface area contributed by atoms with Gasteiger partial charge in [-0.25, -0.2) is 9.97 Å². The van der Waals surface area contributed by atoms with Crippen molar-refractivity contribution in [2.24, 2.45) is 0 Å². The van der Waals surface area contributed by atoms with Crippen molar-refractivity contribution in [1.29, 1.82) is 0 Å². The van der Waals surface area contributed by atoms with Gasteiger partial charge in [-0.3, -0.25) is 0 Å². The van der Waals surface area contributed by atoms with E-state index in [0.29, 0.717) is 12.4 Å². The fourth-order valence-corrected chi connectivity index (χ4v) is 2.10. The predicted octanol–water partition coefficient (Wildman–Crippen LogP) is 4.13. The first-order valence-electron chi connectivity index (χ1n) is 6.74. The van der Waals surface area contributed by atoms with E-state index in [1.807, 2.05) is 31.2 Å². The van der Waals surface area contributed by atoms with Gasteiger partial charge in [0, 0.05) is 18.3 Å². The van der Waals surface area contributed by atoms with E-state index in [0.717, 1.165) is 34.6 Å². The summed E-state index contributed by atoms with van der Waals surface area (Å²) >= 11 is 3.46. The maximum Gasteiger partial charge on any atom is 0.161 e. The molecule has 0 aliphatic heterocycles. The SMILES string of the molecule is CCCNc1nc(-c2cccc(OCC)c2)ncc1Br. The molecule has 1 aromatic heterocycles. The van der Waals surface area contributed by atoms with Crippen molar-refractivity contribution in [3.05, 3.63) is 34.9 Å². The molecule has 0 aliphatic rings. The molecular weight excluding hydrogens is 318 g/mol. The highest BCUT2D eigenvalue weighted by Gasteiger charge is 2.07. The zero-order valence-corrected chi connectivity index (χ0v) is 13.3. The van der Waals surface area contributed by atoms with Crippen molar-refractivity contribution in [2.75, 3.05) is 18.5 Å². The minimum atomic E-state index is 0.647. The first kappa shape index (κ1) is 14.8. The predicted molar refractivity (Wildman–Crippen MR) is 85.1 cm³/mol. The third-order valence-electron chi connectivity index (χ3n) is 2.69. The average Bonchev–Trinajstić information content (AvgIpc) is 2.47. The van der Waals surface area contributed by atoms with Crippen LogP contribution in [0.1, 0.15) is 20.3 Å². The molecule has 0 radical (unpaired) electrons. The summed E-state index contributed by atoms with van der Waals surface area (Å²) < 4.78 is 6.38. The highest BCUT2D eigenvalue weighted by molar-refractivity contribution is 9.10. The highest BCUT2D eigenvalue weighted by atomic mass is 79.9. The van der Waals surface area contributed by atoms with Crippen LogP contribution in [0.15, 0.2) is 34.9 Å². The van der Waals surface area contributed by atoms with Crippen molar-refractivity contribution >= 4 is 21.7 Å². The van der Waals surface area contributed by atoms with E-state index >= 15 is 0 Å². The monoisotopic (exact) mass is 335 g/mol. The summed E-state index contributed by atoms with van der Waals surface area (Å²) in [5.41, 5.74) is 0.947. The summed E-state index contributed by atoms with van der Waals surface area (Å²) in [5.74, 6) is 2.34. The Labute approximate surface area is 127 Å². The van der Waals surface area contributed by atoms with Crippen molar-refractivity contribution < 1.29 is 4.74 Å². The minimum absolute atomic E-state index is 0.647. The highest BCUT2D eigenvalue weighted by Crippen LogP contribution is 2.25. The van der Waals surface area contributed by atoms with E-state index < -0.39 is 0 Å². The van der Waals surface area contributed by atoms with Gasteiger partial charge in [0.2, 0.25) is 0 Å². The number of rotatable bonds is 6. The number of nitrogens with one attached hydrogen (secondary N) is 1. The van der Waals surface area contributed by atoms with E-state index in [1.54, 1.807) is 6.20 Å². The van der Waals surface area contributed by atoms with E-state index in [2.05, 4.69) is 38.1 Å². The molecule has 0 unspecified atom stereocenters. The third kappa shape index (κ3) is 3.70. The van der Waals surface area contributed by atoms with E-state index in [-0.39, 0.29) is 0 Å². The molecule has 5 heteroatoms. The summed E-state index contributed by atoms with van der Waals surface area (Å²) in [6.45, 7) is 5.62. The molecule has 106 valence electrons. The summed E-state index contributed by atoms with van der Waals surface area (Å²) in [6, 6.07) is 7.82. The van der Waals surface area contributed by atoms with Crippen molar-refractivity contribution in [2.45, 2.75) is 20.3 Å². The van der Waals surface area contributed by atoms with Crippen LogP contribution in [-0.4, -0.2) is 23.1 Å². The molecule has 2 aromatic rings. The number of aromatic nitrogens is 2. The number of halogens is 1. The van der Waals surface area contributed by atoms with Crippen molar-refractivity contribution in [3.63, 3.8) is 0 Å². The van der Waals surface area contributed by atoms with Crippen molar-refractivity contribution in [1.82, 2.24) is 9.97 Å². The standard InChI is InChI=1S/C15H18BrN3O/c1-3-8-17-15-13(16)10-18-14(19-15)11-6-5-7-12(9-11)20-4-2/h5-7,9-10H,3-4,8H2,1-2H3,(H,17,18,19). The number of hydrogen-bond acceptors (Lipinski definition) is 4. The second kappa shape index (κ2) is 7.24. The molecule has 0 atom stereocenters. The Morgan fingerprint density at radius 2 is 2.15 bits per heavy atom. The number of hydrogen-bond donors (Lipinski definition) is 1. The maximum absolute atomic E-state index is 5.51. The molecule has 1 N–H and O–H groups in total. The smallest absolute Gasteiger partial charge is 0.161 e. The molecule has 0 fully saturated rings. The van der Waals surface area contributed by atoms with Gasteiger partial charge in [-0.05, 0) is 41.4 Å². The topological polar surface area (TPSA) is 47.0 Å². The lowest BCUT2D eigenvalue weighted by atomic mass is 10.2. The normalized spacial score (nSPS) is 10.3. The Bertz CT molecular complexity index is 575. The van der Waals surface area contributed by atoms with E-state index in [4.69, 9.17) is 4.74 Å². The van der Waals surface area contributed by atoms with Gasteiger partial charge in [0.05, 0.1) is 11.1 Å². The lowest BCUT2D eigenvalue weighted by Crippen LogP contribution is -2.04. The molecule has 4 nitrogen and oxygen atoms in total. The average molecular weight is 336 g/mol. The Hall–Kier alpha value is -1.62.